The third kappa shape index (κ3) is 3.22. The minimum Gasteiger partial charge on any atom is -0.480 e. The van der Waals surface area contributed by atoms with Crippen LogP contribution in [-0.4, -0.2) is 36.7 Å². The second kappa shape index (κ2) is 6.41. The number of aryl methyl sites for hydroxylation is 1. The number of ether oxygens (including phenoxy) is 1. The maximum Gasteiger partial charge on any atom is 0.326 e. The van der Waals surface area contributed by atoms with Crippen LogP contribution in [0.4, 0.5) is 0 Å². The summed E-state index contributed by atoms with van der Waals surface area (Å²) >= 11 is 0. The number of fused-ring (bicyclic) bond motifs is 1. The second-order valence-corrected chi connectivity index (χ2v) is 4.70. The summed E-state index contributed by atoms with van der Waals surface area (Å²) in [6.07, 6.45) is 0.191. The van der Waals surface area contributed by atoms with Gasteiger partial charge in [-0.25, -0.2) is 4.79 Å². The van der Waals surface area contributed by atoms with Crippen molar-refractivity contribution in [2.24, 2.45) is 0 Å². The Bertz CT molecular complexity index is 661. The molecule has 2 rings (SSSR count). The van der Waals surface area contributed by atoms with E-state index in [-0.39, 0.29) is 18.8 Å². The molecule has 0 bridgehead atoms. The summed E-state index contributed by atoms with van der Waals surface area (Å²) in [5, 5.41) is 12.4. The molecule has 0 aliphatic rings. The van der Waals surface area contributed by atoms with Gasteiger partial charge in [-0.05, 0) is 13.0 Å². The number of para-hydroxylation sites is 1. The van der Waals surface area contributed by atoms with Gasteiger partial charge in [0.25, 0.3) is 5.91 Å². The summed E-state index contributed by atoms with van der Waals surface area (Å²) in [5.41, 5.74) is 1.29. The van der Waals surface area contributed by atoms with Crippen LogP contribution in [0.5, 0.6) is 0 Å². The van der Waals surface area contributed by atoms with Crippen molar-refractivity contribution in [3.8, 4) is 0 Å². The van der Waals surface area contributed by atoms with E-state index >= 15 is 0 Å². The maximum atomic E-state index is 12.2. The van der Waals surface area contributed by atoms with Crippen molar-refractivity contribution in [1.29, 1.82) is 0 Å². The number of methoxy groups -OCH3 is 1. The number of hydrogen-bond donors (Lipinski definition) is 2. The van der Waals surface area contributed by atoms with Crippen LogP contribution in [0.3, 0.4) is 0 Å². The standard InChI is InChI=1S/C15H17NO5/c1-9-10-5-3-4-6-12(10)21-13(9)14(17)16-11(15(18)19)7-8-20-2/h3-6,11H,7-8H2,1-2H3,(H,16,17)(H,18,19). The van der Waals surface area contributed by atoms with Crippen molar-refractivity contribution < 1.29 is 23.8 Å². The molecule has 112 valence electrons. The fraction of sp³-hybridized carbons (Fsp3) is 0.333. The van der Waals surface area contributed by atoms with Gasteiger partial charge >= 0.3 is 5.97 Å². The quantitative estimate of drug-likeness (QED) is 0.849. The summed E-state index contributed by atoms with van der Waals surface area (Å²) in [5.74, 6) is -1.50. The molecule has 1 atom stereocenters. The Hall–Kier alpha value is -2.34. The van der Waals surface area contributed by atoms with E-state index in [9.17, 15) is 9.59 Å². The van der Waals surface area contributed by atoms with Crippen molar-refractivity contribution in [2.45, 2.75) is 19.4 Å². The van der Waals surface area contributed by atoms with E-state index in [0.29, 0.717) is 11.1 Å². The van der Waals surface area contributed by atoms with Gasteiger partial charge in [-0.2, -0.15) is 0 Å². The highest BCUT2D eigenvalue weighted by Crippen LogP contribution is 2.24. The number of carbonyl (C=O) groups is 2. The van der Waals surface area contributed by atoms with Gasteiger partial charge in [-0.1, -0.05) is 18.2 Å². The van der Waals surface area contributed by atoms with Crippen LogP contribution in [0.2, 0.25) is 0 Å². The minimum absolute atomic E-state index is 0.139. The molecule has 0 aliphatic carbocycles. The second-order valence-electron chi connectivity index (χ2n) is 4.70. The molecular weight excluding hydrogens is 274 g/mol. The molecule has 1 aromatic heterocycles. The van der Waals surface area contributed by atoms with Crippen molar-refractivity contribution in [1.82, 2.24) is 5.32 Å². The minimum atomic E-state index is -1.10. The lowest BCUT2D eigenvalue weighted by Crippen LogP contribution is -2.41. The lowest BCUT2D eigenvalue weighted by molar-refractivity contribution is -0.139. The van der Waals surface area contributed by atoms with Gasteiger partial charge in [-0.15, -0.1) is 0 Å². The van der Waals surface area contributed by atoms with E-state index in [4.69, 9.17) is 14.3 Å². The molecule has 0 fully saturated rings. The van der Waals surface area contributed by atoms with E-state index in [1.54, 1.807) is 13.0 Å². The predicted octanol–water partition coefficient (Wildman–Crippen LogP) is 1.96. The first-order chi connectivity index (χ1) is 10.0. The SMILES string of the molecule is COCCC(NC(=O)c1oc2ccccc2c1C)C(=O)O. The Morgan fingerprint density at radius 2 is 2.10 bits per heavy atom. The molecule has 1 aromatic carbocycles. The van der Waals surface area contributed by atoms with Gasteiger partial charge < -0.3 is 19.6 Å². The van der Waals surface area contributed by atoms with Gasteiger partial charge in [0, 0.05) is 31.1 Å². The Morgan fingerprint density at radius 1 is 1.38 bits per heavy atom. The van der Waals surface area contributed by atoms with E-state index < -0.39 is 17.9 Å². The number of rotatable bonds is 6. The highest BCUT2D eigenvalue weighted by atomic mass is 16.5. The zero-order chi connectivity index (χ0) is 15.4. The topological polar surface area (TPSA) is 88.8 Å². The molecule has 6 heteroatoms. The average Bonchev–Trinajstić information content (AvgIpc) is 2.81. The van der Waals surface area contributed by atoms with E-state index in [1.165, 1.54) is 7.11 Å². The zero-order valence-electron chi connectivity index (χ0n) is 11.9. The van der Waals surface area contributed by atoms with Gasteiger partial charge in [0.15, 0.2) is 5.76 Å². The molecule has 21 heavy (non-hydrogen) atoms. The fourth-order valence-electron chi connectivity index (χ4n) is 2.11. The number of carboxylic acid groups (broad SMARTS) is 1. The lowest BCUT2D eigenvalue weighted by Gasteiger charge is -2.13. The Balaban J connectivity index is 2.21. The molecule has 0 radical (unpaired) electrons. The van der Waals surface area contributed by atoms with E-state index in [0.717, 1.165) is 5.39 Å². The molecule has 1 amide bonds. The van der Waals surface area contributed by atoms with Gasteiger partial charge in [-0.3, -0.25) is 4.79 Å². The number of furan rings is 1. The molecule has 2 aromatic rings. The third-order valence-electron chi connectivity index (χ3n) is 3.26. The maximum absolute atomic E-state index is 12.2. The van der Waals surface area contributed by atoms with Crippen LogP contribution in [-0.2, 0) is 9.53 Å². The van der Waals surface area contributed by atoms with Crippen molar-refractivity contribution in [3.63, 3.8) is 0 Å². The fourth-order valence-corrected chi connectivity index (χ4v) is 2.11. The van der Waals surface area contributed by atoms with Crippen molar-refractivity contribution >= 4 is 22.8 Å². The number of hydrogen-bond acceptors (Lipinski definition) is 4. The molecule has 0 saturated heterocycles. The normalized spacial score (nSPS) is 12.3. The monoisotopic (exact) mass is 291 g/mol. The first-order valence-electron chi connectivity index (χ1n) is 6.55. The summed E-state index contributed by atoms with van der Waals surface area (Å²) in [6.45, 7) is 2.02. The third-order valence-corrected chi connectivity index (χ3v) is 3.26. The molecule has 6 nitrogen and oxygen atoms in total. The number of benzene rings is 1. The largest absolute Gasteiger partial charge is 0.480 e. The summed E-state index contributed by atoms with van der Waals surface area (Å²) in [7, 11) is 1.48. The Kier molecular flexibility index (Phi) is 4.59. The number of amides is 1. The van der Waals surface area contributed by atoms with Crippen LogP contribution >= 0.6 is 0 Å². The summed E-state index contributed by atoms with van der Waals surface area (Å²) in [4.78, 5) is 23.3. The van der Waals surface area contributed by atoms with Crippen LogP contribution < -0.4 is 5.32 Å². The number of carboxylic acids is 1. The summed E-state index contributed by atoms with van der Waals surface area (Å²) < 4.78 is 10.4. The highest BCUT2D eigenvalue weighted by molar-refractivity contribution is 6.00. The molecule has 1 unspecified atom stereocenters. The van der Waals surface area contributed by atoms with Crippen molar-refractivity contribution in [2.75, 3.05) is 13.7 Å². The van der Waals surface area contributed by atoms with Crippen molar-refractivity contribution in [3.05, 3.63) is 35.6 Å². The average molecular weight is 291 g/mol. The molecule has 2 N–H and O–H groups in total. The number of nitrogens with one attached hydrogen (secondary N) is 1. The first-order valence-corrected chi connectivity index (χ1v) is 6.55. The summed E-state index contributed by atoms with van der Waals surface area (Å²) in [6, 6.07) is 6.27. The van der Waals surface area contributed by atoms with E-state index in [1.807, 2.05) is 18.2 Å². The smallest absolute Gasteiger partial charge is 0.326 e. The number of aliphatic carboxylic acids is 1. The van der Waals surface area contributed by atoms with Gasteiger partial charge in [0.05, 0.1) is 0 Å². The molecule has 0 aliphatic heterocycles. The first kappa shape index (κ1) is 15.1. The predicted molar refractivity (Wildman–Crippen MR) is 76.3 cm³/mol. The Labute approximate surface area is 121 Å². The molecule has 1 heterocycles. The molecular formula is C15H17NO5. The Morgan fingerprint density at radius 3 is 2.71 bits per heavy atom. The van der Waals surface area contributed by atoms with Crippen LogP contribution in [0.15, 0.2) is 28.7 Å². The zero-order valence-corrected chi connectivity index (χ0v) is 11.9. The van der Waals surface area contributed by atoms with Crippen LogP contribution in [0.1, 0.15) is 22.5 Å². The molecule has 0 saturated carbocycles. The number of carbonyl (C=O) groups excluding carboxylic acids is 1. The van der Waals surface area contributed by atoms with Gasteiger partial charge in [0.2, 0.25) is 0 Å². The van der Waals surface area contributed by atoms with Gasteiger partial charge in [0.1, 0.15) is 11.6 Å². The highest BCUT2D eigenvalue weighted by Gasteiger charge is 2.24. The lowest BCUT2D eigenvalue weighted by atomic mass is 10.1. The molecule has 0 spiro atoms. The van der Waals surface area contributed by atoms with E-state index in [2.05, 4.69) is 5.32 Å². The van der Waals surface area contributed by atoms with Crippen LogP contribution in [0.25, 0.3) is 11.0 Å². The van der Waals surface area contributed by atoms with Crippen LogP contribution in [0, 0.1) is 6.92 Å².